The van der Waals surface area contributed by atoms with Gasteiger partial charge in [0, 0.05) is 23.0 Å². The number of carbonyl (C=O) groups excluding carboxylic acids is 1. The van der Waals surface area contributed by atoms with Crippen LogP contribution in [0.4, 0.5) is 0 Å². The lowest BCUT2D eigenvalue weighted by atomic mass is 10.2. The lowest BCUT2D eigenvalue weighted by Crippen LogP contribution is -2.20. The van der Waals surface area contributed by atoms with Crippen molar-refractivity contribution in [1.29, 1.82) is 0 Å². The van der Waals surface area contributed by atoms with Gasteiger partial charge in [-0.15, -0.1) is 11.3 Å². The molecule has 4 rings (SSSR count). The fraction of sp³-hybridized carbons (Fsp3) is 0.0526. The Kier molecular flexibility index (Phi) is 5.23. The van der Waals surface area contributed by atoms with E-state index in [0.29, 0.717) is 26.1 Å². The minimum absolute atomic E-state index is 0.0376. The van der Waals surface area contributed by atoms with Crippen molar-refractivity contribution >= 4 is 57.8 Å². The van der Waals surface area contributed by atoms with Gasteiger partial charge in [-0.25, -0.2) is 19.2 Å². The number of hydrogen-bond acceptors (Lipinski definition) is 5. The number of aromatic amines is 1. The maximum absolute atomic E-state index is 12.6. The van der Waals surface area contributed by atoms with Crippen LogP contribution in [0.25, 0.3) is 21.7 Å². The fourth-order valence-corrected chi connectivity index (χ4v) is 4.15. The number of rotatable bonds is 5. The van der Waals surface area contributed by atoms with E-state index in [9.17, 15) is 14.7 Å². The number of carbonyl (C=O) groups is 2. The molecule has 3 aromatic heterocycles. The SMILES string of the molecule is O=C(O)c1c[nH]c2ncc(-c3ccc(C(=O)N(Cl)Cc4cccc(Cl)c4)s3)nc12. The van der Waals surface area contributed by atoms with Crippen LogP contribution in [0.5, 0.6) is 0 Å². The molecule has 0 aliphatic carbocycles. The third-order valence-electron chi connectivity index (χ3n) is 4.11. The second kappa shape index (κ2) is 7.82. The van der Waals surface area contributed by atoms with E-state index >= 15 is 0 Å². The standard InChI is InChI=1S/C19H12Cl2N4O3S/c20-11-3-1-2-10(6-11)9-25(21)18(26)15-5-4-14(29-15)13-8-23-17-16(24-13)12(7-22-17)19(27)28/h1-8H,9H2,(H,22,23)(H,27,28). The molecule has 146 valence electrons. The maximum Gasteiger partial charge on any atom is 0.339 e. The third-order valence-corrected chi connectivity index (χ3v) is 5.72. The summed E-state index contributed by atoms with van der Waals surface area (Å²) < 4.78 is 1.09. The predicted molar refractivity (Wildman–Crippen MR) is 111 cm³/mol. The summed E-state index contributed by atoms with van der Waals surface area (Å²) in [5.74, 6) is -1.45. The zero-order valence-corrected chi connectivity index (χ0v) is 16.9. The average molecular weight is 447 g/mol. The second-order valence-corrected chi connectivity index (χ2v) is 8.01. The second-order valence-electron chi connectivity index (χ2n) is 6.08. The average Bonchev–Trinajstić information content (AvgIpc) is 3.34. The van der Waals surface area contributed by atoms with Gasteiger partial charge in [-0.3, -0.25) is 4.79 Å². The molecule has 10 heteroatoms. The van der Waals surface area contributed by atoms with Crippen molar-refractivity contribution in [2.24, 2.45) is 0 Å². The van der Waals surface area contributed by atoms with Gasteiger partial charge in [0.15, 0.2) is 5.65 Å². The molecule has 2 N–H and O–H groups in total. The molecule has 0 aliphatic rings. The Hall–Kier alpha value is -2.94. The molecular formula is C19H12Cl2N4O3S. The number of amides is 1. The quantitative estimate of drug-likeness (QED) is 0.427. The van der Waals surface area contributed by atoms with Crippen molar-refractivity contribution in [3.8, 4) is 10.6 Å². The molecule has 1 aromatic carbocycles. The van der Waals surface area contributed by atoms with Crippen molar-refractivity contribution < 1.29 is 14.7 Å². The first-order valence-corrected chi connectivity index (χ1v) is 9.85. The first-order chi connectivity index (χ1) is 13.9. The van der Waals surface area contributed by atoms with Crippen LogP contribution in [0.3, 0.4) is 0 Å². The number of nitrogens with zero attached hydrogens (tertiary/aromatic N) is 3. The van der Waals surface area contributed by atoms with Gasteiger partial charge in [0.2, 0.25) is 0 Å². The molecule has 1 amide bonds. The Labute approximate surface area is 178 Å². The molecule has 0 unspecified atom stereocenters. The lowest BCUT2D eigenvalue weighted by Gasteiger charge is -2.13. The van der Waals surface area contributed by atoms with E-state index in [1.165, 1.54) is 23.7 Å². The van der Waals surface area contributed by atoms with Gasteiger partial charge in [0.25, 0.3) is 5.91 Å². The highest BCUT2D eigenvalue weighted by Crippen LogP contribution is 2.29. The van der Waals surface area contributed by atoms with Gasteiger partial charge in [-0.2, -0.15) is 0 Å². The molecule has 29 heavy (non-hydrogen) atoms. The topological polar surface area (TPSA) is 99.2 Å². The summed E-state index contributed by atoms with van der Waals surface area (Å²) in [7, 11) is 0. The van der Waals surface area contributed by atoms with Crippen LogP contribution in [0.1, 0.15) is 25.6 Å². The highest BCUT2D eigenvalue weighted by Gasteiger charge is 2.19. The van der Waals surface area contributed by atoms with E-state index in [1.54, 1.807) is 30.3 Å². The van der Waals surface area contributed by atoms with Gasteiger partial charge >= 0.3 is 5.97 Å². The van der Waals surface area contributed by atoms with Crippen LogP contribution in [-0.4, -0.2) is 36.4 Å². The van der Waals surface area contributed by atoms with E-state index in [2.05, 4.69) is 15.0 Å². The molecular weight excluding hydrogens is 435 g/mol. The van der Waals surface area contributed by atoms with Crippen LogP contribution in [0, 0.1) is 0 Å². The van der Waals surface area contributed by atoms with Crippen molar-refractivity contribution in [2.45, 2.75) is 6.54 Å². The van der Waals surface area contributed by atoms with E-state index < -0.39 is 5.97 Å². The number of aromatic nitrogens is 3. The van der Waals surface area contributed by atoms with Gasteiger partial charge in [0.1, 0.15) is 11.1 Å². The van der Waals surface area contributed by atoms with Crippen LogP contribution >= 0.6 is 34.7 Å². The minimum Gasteiger partial charge on any atom is -0.478 e. The number of thiophene rings is 1. The number of carboxylic acid groups (broad SMARTS) is 1. The first-order valence-electron chi connectivity index (χ1n) is 8.32. The highest BCUT2D eigenvalue weighted by atomic mass is 35.5. The Morgan fingerprint density at radius 3 is 2.83 bits per heavy atom. The molecule has 0 fully saturated rings. The monoisotopic (exact) mass is 446 g/mol. The van der Waals surface area contributed by atoms with Crippen molar-refractivity contribution in [3.05, 3.63) is 69.8 Å². The van der Waals surface area contributed by atoms with E-state index in [1.807, 2.05) is 6.07 Å². The summed E-state index contributed by atoms with van der Waals surface area (Å²) in [5, 5.41) is 9.82. The molecule has 7 nitrogen and oxygen atoms in total. The molecule has 0 aliphatic heterocycles. The summed E-state index contributed by atoms with van der Waals surface area (Å²) in [6, 6.07) is 10.5. The zero-order valence-electron chi connectivity index (χ0n) is 14.6. The number of hydrogen-bond donors (Lipinski definition) is 2. The van der Waals surface area contributed by atoms with Crippen molar-refractivity contribution in [2.75, 3.05) is 0 Å². The van der Waals surface area contributed by atoms with E-state index in [-0.39, 0.29) is 23.5 Å². The van der Waals surface area contributed by atoms with E-state index in [0.717, 1.165) is 9.98 Å². The molecule has 0 saturated heterocycles. The Bertz CT molecular complexity index is 1240. The predicted octanol–water partition coefficient (Wildman–Crippen LogP) is 4.83. The van der Waals surface area contributed by atoms with Gasteiger partial charge in [-0.05, 0) is 29.8 Å². The number of halogens is 2. The smallest absolute Gasteiger partial charge is 0.339 e. The van der Waals surface area contributed by atoms with Crippen LogP contribution in [0.15, 0.2) is 48.8 Å². The van der Waals surface area contributed by atoms with E-state index in [4.69, 9.17) is 23.4 Å². The first kappa shape index (κ1) is 19.4. The number of aromatic carboxylic acids is 1. The summed E-state index contributed by atoms with van der Waals surface area (Å²) in [5.41, 5.74) is 1.96. The summed E-state index contributed by atoms with van der Waals surface area (Å²) in [6.07, 6.45) is 2.87. The number of fused-ring (bicyclic) bond motifs is 1. The molecule has 3 heterocycles. The molecule has 0 atom stereocenters. The fourth-order valence-electron chi connectivity index (χ4n) is 2.75. The number of nitrogens with one attached hydrogen (secondary N) is 1. The third kappa shape index (κ3) is 3.95. The normalized spacial score (nSPS) is 11.0. The lowest BCUT2D eigenvalue weighted by molar-refractivity contribution is 0.0698. The van der Waals surface area contributed by atoms with Gasteiger partial charge < -0.3 is 10.1 Å². The summed E-state index contributed by atoms with van der Waals surface area (Å²) in [6.45, 7) is 0.200. The summed E-state index contributed by atoms with van der Waals surface area (Å²) in [4.78, 5) is 36.4. The minimum atomic E-state index is -1.09. The number of H-pyrrole nitrogens is 1. The Morgan fingerprint density at radius 1 is 1.24 bits per heavy atom. The largest absolute Gasteiger partial charge is 0.478 e. The Balaban J connectivity index is 1.57. The van der Waals surface area contributed by atoms with Crippen molar-refractivity contribution in [3.63, 3.8) is 0 Å². The molecule has 0 bridgehead atoms. The van der Waals surface area contributed by atoms with Gasteiger partial charge in [0.05, 0.1) is 28.2 Å². The highest BCUT2D eigenvalue weighted by molar-refractivity contribution is 7.17. The van der Waals surface area contributed by atoms with Crippen LogP contribution in [0.2, 0.25) is 5.02 Å². The van der Waals surface area contributed by atoms with Crippen LogP contribution < -0.4 is 0 Å². The van der Waals surface area contributed by atoms with Gasteiger partial charge in [-0.1, -0.05) is 23.7 Å². The number of carboxylic acids is 1. The Morgan fingerprint density at radius 2 is 2.07 bits per heavy atom. The summed E-state index contributed by atoms with van der Waals surface area (Å²) >= 11 is 13.3. The van der Waals surface area contributed by atoms with Crippen molar-refractivity contribution in [1.82, 2.24) is 19.4 Å². The molecule has 0 spiro atoms. The molecule has 4 aromatic rings. The van der Waals surface area contributed by atoms with Crippen LogP contribution in [-0.2, 0) is 6.54 Å². The molecule has 0 saturated carbocycles. The number of benzene rings is 1. The molecule has 0 radical (unpaired) electrons. The maximum atomic E-state index is 12.6. The zero-order chi connectivity index (χ0) is 20.5.